The van der Waals surface area contributed by atoms with Crippen LogP contribution < -0.4 is 10.2 Å². The number of nitrogens with zero attached hydrogens (tertiary/aromatic N) is 7. The minimum atomic E-state index is -0.847. The van der Waals surface area contributed by atoms with Gasteiger partial charge >= 0.3 is 0 Å². The zero-order chi connectivity index (χ0) is 28.4. The lowest BCUT2D eigenvalue weighted by molar-refractivity contribution is -0.139. The van der Waals surface area contributed by atoms with E-state index in [1.165, 1.54) is 4.90 Å². The molecule has 3 aliphatic heterocycles. The van der Waals surface area contributed by atoms with Crippen molar-refractivity contribution in [3.05, 3.63) is 45.7 Å². The van der Waals surface area contributed by atoms with E-state index in [9.17, 15) is 14.4 Å². The van der Waals surface area contributed by atoms with Crippen LogP contribution in [-0.2, 0) is 14.3 Å². The minimum Gasteiger partial charge on any atom is -0.367 e. The summed E-state index contributed by atoms with van der Waals surface area (Å²) in [7, 11) is 2.12. The standard InChI is InChI=1S/C27H34N8O4S/c1-4-16(2)22(26(38)35-13-19(31-32-28)24-23(35)21(36)14-39-24)30-25(37)18-7-5-17(6-8-18)20-15-40-27(29-20)34-11-9-33(3)10-12-34/h5-8,15-16,19,22-24H,4,9-14H2,1-3H3,(H,30,37)/t16-,19-,22-,23+,24+/m0/s1. The molecule has 5 rings (SSSR count). The lowest BCUT2D eigenvalue weighted by Gasteiger charge is -2.32. The van der Waals surface area contributed by atoms with E-state index < -0.39 is 24.2 Å². The van der Waals surface area contributed by atoms with Crippen molar-refractivity contribution in [2.75, 3.05) is 51.3 Å². The molecule has 2 amide bonds. The Balaban J connectivity index is 1.28. The van der Waals surface area contributed by atoms with E-state index in [0.717, 1.165) is 42.6 Å². The van der Waals surface area contributed by atoms with Crippen LogP contribution in [0.3, 0.4) is 0 Å². The Bertz CT molecular complexity index is 1300. The third-order valence-corrected chi connectivity index (χ3v) is 9.02. The van der Waals surface area contributed by atoms with Crippen molar-refractivity contribution in [1.29, 1.82) is 0 Å². The smallest absolute Gasteiger partial charge is 0.251 e. The highest BCUT2D eigenvalue weighted by Gasteiger charge is 2.53. The Morgan fingerprint density at radius 3 is 2.65 bits per heavy atom. The number of aromatic nitrogens is 1. The molecule has 2 aromatic rings. The number of piperazine rings is 1. The van der Waals surface area contributed by atoms with Gasteiger partial charge in [0.15, 0.2) is 10.9 Å². The summed E-state index contributed by atoms with van der Waals surface area (Å²) in [5.41, 5.74) is 11.1. The number of hydrogen-bond acceptors (Lipinski definition) is 9. The van der Waals surface area contributed by atoms with Crippen LogP contribution in [0, 0.1) is 5.92 Å². The molecule has 0 spiro atoms. The number of hydrogen-bond donors (Lipinski definition) is 1. The zero-order valence-corrected chi connectivity index (χ0v) is 23.7. The van der Waals surface area contributed by atoms with Crippen molar-refractivity contribution in [2.24, 2.45) is 11.0 Å². The first-order chi connectivity index (χ1) is 19.3. The molecule has 3 saturated heterocycles. The molecule has 4 heterocycles. The van der Waals surface area contributed by atoms with Gasteiger partial charge in [0.05, 0.1) is 17.8 Å². The Labute approximate surface area is 236 Å². The minimum absolute atomic E-state index is 0.0746. The molecule has 40 heavy (non-hydrogen) atoms. The third kappa shape index (κ3) is 5.55. The van der Waals surface area contributed by atoms with Gasteiger partial charge in [-0.3, -0.25) is 14.4 Å². The number of ether oxygens (including phenoxy) is 1. The fraction of sp³-hybridized carbons (Fsp3) is 0.556. The molecule has 12 nitrogen and oxygen atoms in total. The molecule has 0 bridgehead atoms. The number of nitrogens with one attached hydrogen (secondary N) is 1. The molecule has 1 N–H and O–H groups in total. The number of rotatable bonds is 8. The number of benzene rings is 1. The average molecular weight is 567 g/mol. The zero-order valence-electron chi connectivity index (χ0n) is 22.9. The van der Waals surface area contributed by atoms with Crippen molar-refractivity contribution in [3.8, 4) is 11.3 Å². The normalized spacial score (nSPS) is 24.4. The number of carbonyl (C=O) groups excluding carboxylic acids is 3. The van der Waals surface area contributed by atoms with Crippen molar-refractivity contribution < 1.29 is 19.1 Å². The number of likely N-dealkylation sites (N-methyl/N-ethyl adjacent to an activating group) is 1. The Kier molecular flexibility index (Phi) is 8.36. The number of carbonyl (C=O) groups is 3. The van der Waals surface area contributed by atoms with Gasteiger partial charge in [-0.15, -0.1) is 11.3 Å². The van der Waals surface area contributed by atoms with Gasteiger partial charge in [-0.2, -0.15) is 0 Å². The summed E-state index contributed by atoms with van der Waals surface area (Å²) in [4.78, 5) is 53.2. The van der Waals surface area contributed by atoms with Crippen LogP contribution in [0.2, 0.25) is 0 Å². The molecular weight excluding hydrogens is 532 g/mol. The second-order valence-electron chi connectivity index (χ2n) is 10.7. The highest BCUT2D eigenvalue weighted by atomic mass is 32.1. The maximum atomic E-state index is 13.7. The van der Waals surface area contributed by atoms with E-state index >= 15 is 0 Å². The van der Waals surface area contributed by atoms with Gasteiger partial charge in [0, 0.05) is 54.1 Å². The van der Waals surface area contributed by atoms with Crippen LogP contribution in [0.1, 0.15) is 30.6 Å². The first-order valence-corrected chi connectivity index (χ1v) is 14.5. The number of amides is 2. The number of Topliss-reactive ketones (excluding diaryl/α,β-unsaturated/α-hetero) is 1. The van der Waals surface area contributed by atoms with Gasteiger partial charge in [0.1, 0.15) is 18.7 Å². The summed E-state index contributed by atoms with van der Waals surface area (Å²) in [5, 5.41) is 9.67. The number of thiazole rings is 1. The molecule has 212 valence electrons. The van der Waals surface area contributed by atoms with Gasteiger partial charge in [-0.25, -0.2) is 4.98 Å². The van der Waals surface area contributed by atoms with Gasteiger partial charge in [-0.1, -0.05) is 37.5 Å². The van der Waals surface area contributed by atoms with E-state index in [4.69, 9.17) is 15.3 Å². The lowest BCUT2D eigenvalue weighted by atomic mass is 9.96. The molecule has 5 atom stereocenters. The van der Waals surface area contributed by atoms with Gasteiger partial charge < -0.3 is 24.8 Å². The summed E-state index contributed by atoms with van der Waals surface area (Å²) < 4.78 is 5.53. The average Bonchev–Trinajstić information content (AvgIpc) is 3.69. The number of ketones is 1. The Hall–Kier alpha value is -3.51. The third-order valence-electron chi connectivity index (χ3n) is 8.12. The fourth-order valence-corrected chi connectivity index (χ4v) is 6.33. The summed E-state index contributed by atoms with van der Waals surface area (Å²) >= 11 is 1.62. The number of anilines is 1. The van der Waals surface area contributed by atoms with Crippen LogP contribution in [0.25, 0.3) is 21.7 Å². The van der Waals surface area contributed by atoms with E-state index in [-0.39, 0.29) is 36.7 Å². The molecule has 3 aliphatic rings. The van der Waals surface area contributed by atoms with Crippen molar-refractivity contribution in [3.63, 3.8) is 0 Å². The summed E-state index contributed by atoms with van der Waals surface area (Å²) in [6.07, 6.45) is -0.0167. The lowest BCUT2D eigenvalue weighted by Crippen LogP contribution is -2.54. The predicted molar refractivity (Wildman–Crippen MR) is 151 cm³/mol. The quantitative estimate of drug-likeness (QED) is 0.294. The summed E-state index contributed by atoms with van der Waals surface area (Å²) in [5.74, 6) is -1.16. The maximum Gasteiger partial charge on any atom is 0.251 e. The predicted octanol–water partition coefficient (Wildman–Crippen LogP) is 2.56. The Morgan fingerprint density at radius 2 is 1.98 bits per heavy atom. The number of azide groups is 1. The van der Waals surface area contributed by atoms with Crippen LogP contribution >= 0.6 is 11.3 Å². The molecule has 0 unspecified atom stereocenters. The molecule has 1 aromatic heterocycles. The fourth-order valence-electron chi connectivity index (χ4n) is 5.44. The SMILES string of the molecule is CC[C@H](C)[C@H](NC(=O)c1ccc(-c2csc(N3CCN(C)CC3)n2)cc1)C(=O)N1C[C@H](N=[N+]=[N-])[C@H]2OCC(=O)[C@H]21. The molecule has 13 heteroatoms. The highest BCUT2D eigenvalue weighted by molar-refractivity contribution is 7.14. The van der Waals surface area contributed by atoms with E-state index in [2.05, 4.69) is 32.2 Å². The molecule has 3 fully saturated rings. The van der Waals surface area contributed by atoms with Crippen molar-refractivity contribution >= 4 is 34.1 Å². The first-order valence-electron chi connectivity index (χ1n) is 13.6. The van der Waals surface area contributed by atoms with Crippen LogP contribution in [0.15, 0.2) is 34.8 Å². The van der Waals surface area contributed by atoms with E-state index in [1.54, 1.807) is 23.5 Å². The maximum absolute atomic E-state index is 13.7. The number of likely N-dealkylation sites (tertiary alicyclic amines) is 1. The largest absolute Gasteiger partial charge is 0.367 e. The monoisotopic (exact) mass is 566 g/mol. The second kappa shape index (κ2) is 11.9. The molecular formula is C27H34N8O4S. The second-order valence-corrected chi connectivity index (χ2v) is 11.5. The van der Waals surface area contributed by atoms with Gasteiger partial charge in [-0.05, 0) is 30.6 Å². The summed E-state index contributed by atoms with van der Waals surface area (Å²) in [6.45, 7) is 7.69. The summed E-state index contributed by atoms with van der Waals surface area (Å²) in [6, 6.07) is 4.89. The van der Waals surface area contributed by atoms with Gasteiger partial charge in [0.2, 0.25) is 5.91 Å². The first kappa shape index (κ1) is 28.0. The Morgan fingerprint density at radius 1 is 1.25 bits per heavy atom. The van der Waals surface area contributed by atoms with E-state index in [0.29, 0.717) is 12.0 Å². The molecule has 1 aromatic carbocycles. The van der Waals surface area contributed by atoms with Crippen molar-refractivity contribution in [2.45, 2.75) is 44.5 Å². The topological polar surface area (TPSA) is 144 Å². The van der Waals surface area contributed by atoms with E-state index in [1.807, 2.05) is 31.4 Å². The number of fused-ring (bicyclic) bond motifs is 1. The van der Waals surface area contributed by atoms with Crippen molar-refractivity contribution in [1.82, 2.24) is 20.1 Å². The van der Waals surface area contributed by atoms with Crippen LogP contribution in [0.5, 0.6) is 0 Å². The van der Waals surface area contributed by atoms with Crippen LogP contribution in [0.4, 0.5) is 5.13 Å². The van der Waals surface area contributed by atoms with Gasteiger partial charge in [0.25, 0.3) is 5.91 Å². The van der Waals surface area contributed by atoms with Crippen LogP contribution in [-0.4, -0.2) is 103 Å². The molecule has 0 radical (unpaired) electrons. The highest BCUT2D eigenvalue weighted by Crippen LogP contribution is 2.31. The molecule has 0 aliphatic carbocycles. The molecule has 0 saturated carbocycles.